The van der Waals surface area contributed by atoms with Crippen molar-refractivity contribution >= 4 is 34.1 Å². The molecule has 3 heterocycles. The Labute approximate surface area is 179 Å². The van der Waals surface area contributed by atoms with Crippen molar-refractivity contribution in [3.8, 4) is 0 Å². The van der Waals surface area contributed by atoms with Gasteiger partial charge in [-0.05, 0) is 24.3 Å². The molecule has 0 aliphatic carbocycles. The summed E-state index contributed by atoms with van der Waals surface area (Å²) in [5.74, 6) is -1.82. The number of hydrogen-bond acceptors (Lipinski definition) is 6. The van der Waals surface area contributed by atoms with Crippen LogP contribution in [0.4, 0.5) is 20.3 Å². The van der Waals surface area contributed by atoms with Crippen LogP contribution in [-0.2, 0) is 16.1 Å². The minimum atomic E-state index is -0.912. The standard InChI is InChI=1S/C21H18F2N6O3/c22-13-5-6-15(14(23)11-13)24-18(30)12-28-21(31)29-17-4-2-1-3-16(17)25-19(20(29)26-28)27-7-9-32-10-8-27/h1-6,11H,7-10,12H2,(H,24,30). The smallest absolute Gasteiger partial charge is 0.351 e. The molecule has 1 saturated heterocycles. The molecule has 1 fully saturated rings. The number of halogens is 2. The van der Waals surface area contributed by atoms with E-state index < -0.39 is 29.8 Å². The largest absolute Gasteiger partial charge is 0.378 e. The zero-order chi connectivity index (χ0) is 22.2. The van der Waals surface area contributed by atoms with Gasteiger partial charge >= 0.3 is 5.69 Å². The van der Waals surface area contributed by atoms with Crippen LogP contribution in [0.2, 0.25) is 0 Å². The number of fused-ring (bicyclic) bond motifs is 3. The number of benzene rings is 2. The molecule has 0 saturated carbocycles. The van der Waals surface area contributed by atoms with Crippen molar-refractivity contribution in [3.63, 3.8) is 0 Å². The third kappa shape index (κ3) is 3.56. The molecule has 2 aromatic heterocycles. The summed E-state index contributed by atoms with van der Waals surface area (Å²) in [6.07, 6.45) is 0. The quantitative estimate of drug-likeness (QED) is 0.520. The van der Waals surface area contributed by atoms with Crippen LogP contribution in [0.3, 0.4) is 0 Å². The van der Waals surface area contributed by atoms with Gasteiger partial charge in [0, 0.05) is 19.2 Å². The number of morpholine rings is 1. The van der Waals surface area contributed by atoms with Crippen molar-refractivity contribution in [2.45, 2.75) is 6.54 Å². The minimum Gasteiger partial charge on any atom is -0.378 e. The number of para-hydroxylation sites is 2. The first-order valence-corrected chi connectivity index (χ1v) is 9.97. The molecule has 1 N–H and O–H groups in total. The molecule has 0 radical (unpaired) electrons. The zero-order valence-electron chi connectivity index (χ0n) is 16.8. The molecular formula is C21H18F2N6O3. The monoisotopic (exact) mass is 440 g/mol. The van der Waals surface area contributed by atoms with Crippen LogP contribution in [0.1, 0.15) is 0 Å². The number of ether oxygens (including phenoxy) is 1. The number of aromatic nitrogens is 4. The summed E-state index contributed by atoms with van der Waals surface area (Å²) in [7, 11) is 0. The lowest BCUT2D eigenvalue weighted by atomic mass is 10.3. The van der Waals surface area contributed by atoms with Gasteiger partial charge in [-0.3, -0.25) is 4.79 Å². The average molecular weight is 440 g/mol. The highest BCUT2D eigenvalue weighted by atomic mass is 19.1. The Kier molecular flexibility index (Phi) is 5.02. The Morgan fingerprint density at radius 2 is 1.91 bits per heavy atom. The van der Waals surface area contributed by atoms with Gasteiger partial charge in [0.25, 0.3) is 0 Å². The molecule has 1 aliphatic heterocycles. The lowest BCUT2D eigenvalue weighted by molar-refractivity contribution is -0.117. The van der Waals surface area contributed by atoms with Crippen LogP contribution in [0, 0.1) is 11.6 Å². The third-order valence-electron chi connectivity index (χ3n) is 5.20. The summed E-state index contributed by atoms with van der Waals surface area (Å²) in [5, 5.41) is 6.70. The molecule has 0 spiro atoms. The SMILES string of the molecule is O=C(Cn1nc2c(N3CCOCC3)nc3ccccc3n2c1=O)Nc1ccc(F)cc1F. The molecule has 1 amide bonds. The van der Waals surface area contributed by atoms with Gasteiger partial charge in [-0.1, -0.05) is 12.1 Å². The van der Waals surface area contributed by atoms with E-state index in [1.807, 2.05) is 11.0 Å². The second-order valence-corrected chi connectivity index (χ2v) is 7.30. The molecule has 2 aromatic carbocycles. The average Bonchev–Trinajstić information content (AvgIpc) is 3.12. The molecule has 0 unspecified atom stereocenters. The topological polar surface area (TPSA) is 93.8 Å². The van der Waals surface area contributed by atoms with Crippen LogP contribution in [0.5, 0.6) is 0 Å². The molecule has 9 nitrogen and oxygen atoms in total. The number of nitrogens with zero attached hydrogens (tertiary/aromatic N) is 5. The molecule has 1 aliphatic rings. The number of nitrogens with one attached hydrogen (secondary N) is 1. The molecule has 32 heavy (non-hydrogen) atoms. The Hall–Kier alpha value is -3.86. The predicted molar refractivity (Wildman–Crippen MR) is 113 cm³/mol. The molecule has 11 heteroatoms. The van der Waals surface area contributed by atoms with E-state index in [4.69, 9.17) is 9.72 Å². The summed E-state index contributed by atoms with van der Waals surface area (Å²) in [4.78, 5) is 32.3. The van der Waals surface area contributed by atoms with E-state index in [9.17, 15) is 18.4 Å². The summed E-state index contributed by atoms with van der Waals surface area (Å²) in [6, 6.07) is 9.96. The normalized spacial score (nSPS) is 14.2. The van der Waals surface area contributed by atoms with E-state index in [2.05, 4.69) is 10.4 Å². The first-order valence-electron chi connectivity index (χ1n) is 9.97. The van der Waals surface area contributed by atoms with E-state index >= 15 is 0 Å². The Morgan fingerprint density at radius 3 is 2.69 bits per heavy atom. The van der Waals surface area contributed by atoms with Gasteiger partial charge < -0.3 is 15.0 Å². The number of anilines is 2. The third-order valence-corrected chi connectivity index (χ3v) is 5.20. The van der Waals surface area contributed by atoms with Gasteiger partial charge in [-0.2, -0.15) is 0 Å². The van der Waals surface area contributed by atoms with Crippen LogP contribution < -0.4 is 15.9 Å². The van der Waals surface area contributed by atoms with Crippen molar-refractivity contribution in [1.82, 2.24) is 19.2 Å². The second kappa shape index (κ2) is 8.00. The number of carbonyl (C=O) groups is 1. The van der Waals surface area contributed by atoms with Crippen molar-refractivity contribution in [3.05, 3.63) is 64.6 Å². The predicted octanol–water partition coefficient (Wildman–Crippen LogP) is 1.80. The molecule has 5 rings (SSSR count). The van der Waals surface area contributed by atoms with E-state index in [0.29, 0.717) is 54.9 Å². The fourth-order valence-electron chi connectivity index (χ4n) is 3.69. The molecule has 0 bridgehead atoms. The fraction of sp³-hybridized carbons (Fsp3) is 0.238. The van der Waals surface area contributed by atoms with E-state index in [-0.39, 0.29) is 5.69 Å². The highest BCUT2D eigenvalue weighted by Gasteiger charge is 2.22. The highest BCUT2D eigenvalue weighted by Crippen LogP contribution is 2.23. The maximum absolute atomic E-state index is 13.9. The van der Waals surface area contributed by atoms with Gasteiger partial charge in [0.2, 0.25) is 11.6 Å². The minimum absolute atomic E-state index is 0.186. The molecule has 0 atom stereocenters. The Morgan fingerprint density at radius 1 is 1.12 bits per heavy atom. The first kappa shape index (κ1) is 20.1. The van der Waals surface area contributed by atoms with Crippen LogP contribution in [0.25, 0.3) is 16.7 Å². The summed E-state index contributed by atoms with van der Waals surface area (Å²) in [6.45, 7) is 1.78. The van der Waals surface area contributed by atoms with Crippen LogP contribution in [0.15, 0.2) is 47.3 Å². The molecule has 4 aromatic rings. The zero-order valence-corrected chi connectivity index (χ0v) is 16.8. The van der Waals surface area contributed by atoms with Gasteiger partial charge in [0.1, 0.15) is 18.2 Å². The summed E-state index contributed by atoms with van der Waals surface area (Å²) >= 11 is 0. The van der Waals surface area contributed by atoms with Gasteiger partial charge in [-0.15, -0.1) is 5.10 Å². The molecular weight excluding hydrogens is 422 g/mol. The fourth-order valence-corrected chi connectivity index (χ4v) is 3.69. The number of rotatable bonds is 4. The van der Waals surface area contributed by atoms with Crippen molar-refractivity contribution in [2.24, 2.45) is 0 Å². The van der Waals surface area contributed by atoms with E-state index in [0.717, 1.165) is 16.8 Å². The van der Waals surface area contributed by atoms with Gasteiger partial charge in [0.15, 0.2) is 5.82 Å². The lowest BCUT2D eigenvalue weighted by Crippen LogP contribution is -2.37. The number of hydrogen-bond donors (Lipinski definition) is 1. The Bertz CT molecular complexity index is 1390. The molecule has 164 valence electrons. The highest BCUT2D eigenvalue weighted by molar-refractivity contribution is 5.90. The van der Waals surface area contributed by atoms with Crippen LogP contribution >= 0.6 is 0 Å². The van der Waals surface area contributed by atoms with Gasteiger partial charge in [0.05, 0.1) is 29.9 Å². The second-order valence-electron chi connectivity index (χ2n) is 7.30. The summed E-state index contributed by atoms with van der Waals surface area (Å²) in [5.41, 5.74) is 0.773. The lowest BCUT2D eigenvalue weighted by Gasteiger charge is -2.27. The number of carbonyl (C=O) groups excluding carboxylic acids is 1. The first-order chi connectivity index (χ1) is 15.5. The van der Waals surface area contributed by atoms with Crippen molar-refractivity contribution < 1.29 is 18.3 Å². The van der Waals surface area contributed by atoms with Gasteiger partial charge in [-0.25, -0.2) is 27.6 Å². The van der Waals surface area contributed by atoms with E-state index in [1.165, 1.54) is 4.40 Å². The van der Waals surface area contributed by atoms with Crippen LogP contribution in [-0.4, -0.2) is 51.4 Å². The van der Waals surface area contributed by atoms with Crippen molar-refractivity contribution in [1.29, 1.82) is 0 Å². The maximum Gasteiger partial charge on any atom is 0.351 e. The van der Waals surface area contributed by atoms with E-state index in [1.54, 1.807) is 18.2 Å². The Balaban J connectivity index is 1.55. The van der Waals surface area contributed by atoms with Crippen molar-refractivity contribution in [2.75, 3.05) is 36.5 Å². The maximum atomic E-state index is 13.9. The number of amides is 1. The summed E-state index contributed by atoms with van der Waals surface area (Å²) < 4.78 is 34.8.